The van der Waals surface area contributed by atoms with Crippen LogP contribution in [-0.2, 0) is 36.8 Å². The molecule has 3 heterocycles. The Morgan fingerprint density at radius 3 is 2.45 bits per heavy atom. The van der Waals surface area contributed by atoms with Crippen molar-refractivity contribution in [3.05, 3.63) is 33.1 Å². The number of hydrogen-bond donors (Lipinski definition) is 8. The average Bonchev–Trinajstić information content (AvgIpc) is 3.16. The van der Waals surface area contributed by atoms with Crippen molar-refractivity contribution in [1.29, 1.82) is 0 Å². The Bertz CT molecular complexity index is 1210. The van der Waals surface area contributed by atoms with E-state index in [4.69, 9.17) is 9.47 Å². The highest BCUT2D eigenvalue weighted by atomic mass is 31.3. The predicted molar refractivity (Wildman–Crippen MR) is 119 cm³/mol. The third kappa shape index (κ3) is 7.64. The van der Waals surface area contributed by atoms with Gasteiger partial charge < -0.3 is 45.0 Å². The van der Waals surface area contributed by atoms with Gasteiger partial charge in [-0.1, -0.05) is 0 Å². The van der Waals surface area contributed by atoms with Crippen molar-refractivity contribution < 1.29 is 67.0 Å². The maximum atomic E-state index is 12.4. The molecule has 0 saturated carbocycles. The Morgan fingerprint density at radius 2 is 1.84 bits per heavy atom. The van der Waals surface area contributed by atoms with Crippen LogP contribution in [0.15, 0.2) is 21.9 Å². The molecule has 8 N–H and O–H groups in total. The van der Waals surface area contributed by atoms with E-state index in [9.17, 15) is 53.7 Å². The zero-order valence-corrected chi connectivity index (χ0v) is 21.3. The number of carbonyl (C=O) groups excluding carboxylic acids is 1. The smallest absolute Gasteiger partial charge is 0.394 e. The standard InChI is InChI=1S/C17H27N3O16P2/c1-7(22)18-13-15(26)14(25)9(5-21)34-16(13)35-38(30,31)36-37(28,29)32-6-10-8(23)4-12(33-10)20-3-2-11(24)19-17(20)27/h2-3,8-10,12-16,21,23,25-26H,4-6H2,1H3,(H,18,22)(H,28,29)(H,30,31)(H,19,24,27)/t8-,9+,10+,12+,13+,14+,15+,16+/m0/s1. The van der Waals surface area contributed by atoms with E-state index < -0.39 is 95.1 Å². The molecule has 1 aromatic heterocycles. The van der Waals surface area contributed by atoms with Crippen LogP contribution in [-0.4, -0.2) is 102 Å². The number of aromatic amines is 1. The number of phosphoric ester groups is 2. The molecular weight excluding hydrogens is 564 g/mol. The van der Waals surface area contributed by atoms with Gasteiger partial charge in [0.2, 0.25) is 5.91 Å². The van der Waals surface area contributed by atoms with Crippen LogP contribution in [0.4, 0.5) is 0 Å². The first-order chi connectivity index (χ1) is 17.6. The number of aromatic nitrogens is 2. The fourth-order valence-corrected chi connectivity index (χ4v) is 5.89. The number of aliphatic hydroxyl groups excluding tert-OH is 4. The summed E-state index contributed by atoms with van der Waals surface area (Å²) >= 11 is 0. The second-order valence-corrected chi connectivity index (χ2v) is 11.3. The minimum atomic E-state index is -5.57. The summed E-state index contributed by atoms with van der Waals surface area (Å²) in [5.74, 6) is -0.775. The lowest BCUT2D eigenvalue weighted by molar-refractivity contribution is -0.247. The molecule has 10 atom stereocenters. The summed E-state index contributed by atoms with van der Waals surface area (Å²) < 4.78 is 49.7. The van der Waals surface area contributed by atoms with Crippen molar-refractivity contribution in [2.24, 2.45) is 0 Å². The summed E-state index contributed by atoms with van der Waals surface area (Å²) in [5, 5.41) is 41.7. The maximum Gasteiger partial charge on any atom is 0.483 e. The molecule has 19 nitrogen and oxygen atoms in total. The molecule has 2 fully saturated rings. The molecule has 2 aliphatic heterocycles. The molecule has 0 aliphatic carbocycles. The molecule has 2 aliphatic rings. The zero-order valence-electron chi connectivity index (χ0n) is 19.5. The van der Waals surface area contributed by atoms with Crippen LogP contribution < -0.4 is 16.6 Å². The largest absolute Gasteiger partial charge is 0.483 e. The molecule has 0 aromatic carbocycles. The molecule has 1 amide bonds. The van der Waals surface area contributed by atoms with Crippen molar-refractivity contribution in [1.82, 2.24) is 14.9 Å². The first-order valence-corrected chi connectivity index (χ1v) is 13.9. The second kappa shape index (κ2) is 12.1. The van der Waals surface area contributed by atoms with Gasteiger partial charge in [-0.25, -0.2) is 13.9 Å². The van der Waals surface area contributed by atoms with Crippen molar-refractivity contribution in [3.8, 4) is 0 Å². The fraction of sp³-hybridized carbons (Fsp3) is 0.706. The first-order valence-electron chi connectivity index (χ1n) is 10.9. The van der Waals surface area contributed by atoms with E-state index in [1.165, 1.54) is 0 Å². The van der Waals surface area contributed by atoms with Crippen LogP contribution in [0.2, 0.25) is 0 Å². The van der Waals surface area contributed by atoms with Crippen LogP contribution in [0.1, 0.15) is 19.6 Å². The van der Waals surface area contributed by atoms with Crippen molar-refractivity contribution >= 4 is 21.6 Å². The van der Waals surface area contributed by atoms with Gasteiger partial charge in [-0.3, -0.25) is 28.2 Å². The lowest BCUT2D eigenvalue weighted by atomic mass is 9.97. The Balaban J connectivity index is 1.63. The summed E-state index contributed by atoms with van der Waals surface area (Å²) in [6.07, 6.45) is -9.94. The molecule has 0 radical (unpaired) electrons. The van der Waals surface area contributed by atoms with E-state index in [2.05, 4.69) is 18.7 Å². The number of nitrogens with one attached hydrogen (secondary N) is 2. The van der Waals surface area contributed by atoms with Crippen molar-refractivity contribution in [2.75, 3.05) is 13.2 Å². The first kappa shape index (κ1) is 30.7. The molecule has 2 saturated heterocycles. The van der Waals surface area contributed by atoms with Gasteiger partial charge in [0.05, 0.1) is 19.3 Å². The number of carbonyl (C=O) groups is 1. The van der Waals surface area contributed by atoms with Crippen LogP contribution in [0.3, 0.4) is 0 Å². The molecule has 3 rings (SSSR count). The van der Waals surface area contributed by atoms with Gasteiger partial charge in [0.15, 0.2) is 6.29 Å². The summed E-state index contributed by atoms with van der Waals surface area (Å²) in [6, 6.07) is -0.631. The second-order valence-electron chi connectivity index (χ2n) is 8.30. The van der Waals surface area contributed by atoms with Gasteiger partial charge in [0.1, 0.15) is 36.7 Å². The van der Waals surface area contributed by atoms with Gasteiger partial charge in [-0.2, -0.15) is 4.31 Å². The number of aliphatic hydroxyl groups is 4. The van der Waals surface area contributed by atoms with Crippen LogP contribution in [0, 0.1) is 0 Å². The Morgan fingerprint density at radius 1 is 1.16 bits per heavy atom. The van der Waals surface area contributed by atoms with Gasteiger partial charge in [0, 0.05) is 25.6 Å². The normalized spacial score (nSPS) is 34.8. The molecule has 2 unspecified atom stereocenters. The number of phosphoric acid groups is 2. The third-order valence-corrected chi connectivity index (χ3v) is 8.06. The van der Waals surface area contributed by atoms with Crippen LogP contribution in [0.5, 0.6) is 0 Å². The Labute approximate surface area is 212 Å². The van der Waals surface area contributed by atoms with E-state index in [0.717, 1.165) is 23.8 Å². The lowest BCUT2D eigenvalue weighted by Crippen LogP contribution is -2.64. The minimum Gasteiger partial charge on any atom is -0.394 e. The molecule has 0 bridgehead atoms. The third-order valence-electron chi connectivity index (χ3n) is 5.46. The summed E-state index contributed by atoms with van der Waals surface area (Å²) in [5.41, 5.74) is -1.51. The SMILES string of the molecule is CC(=O)N[C@H]1[C@@H](OP(=O)(O)OP(=O)(O)OC[C@H]2O[C@@H](n3ccc(=O)[nH]c3=O)C[C@@H]2O)O[C@H](CO)[C@@H](O)[C@@H]1O. The topological polar surface area (TPSA) is 286 Å². The van der Waals surface area contributed by atoms with Gasteiger partial charge >= 0.3 is 21.3 Å². The fourth-order valence-electron chi connectivity index (χ4n) is 3.72. The molecule has 21 heteroatoms. The molecular formula is C17H27N3O16P2. The highest BCUT2D eigenvalue weighted by Gasteiger charge is 2.49. The number of hydrogen-bond acceptors (Lipinski definition) is 14. The molecule has 216 valence electrons. The molecule has 38 heavy (non-hydrogen) atoms. The van der Waals surface area contributed by atoms with Gasteiger partial charge in [0.25, 0.3) is 5.56 Å². The quantitative estimate of drug-likeness (QED) is 0.122. The summed E-state index contributed by atoms with van der Waals surface area (Å²) in [4.78, 5) is 56.4. The number of amides is 1. The lowest BCUT2D eigenvalue weighted by Gasteiger charge is -2.42. The van der Waals surface area contributed by atoms with Crippen LogP contribution >= 0.6 is 15.6 Å². The van der Waals surface area contributed by atoms with Gasteiger partial charge in [-0.05, 0) is 0 Å². The monoisotopic (exact) mass is 591 g/mol. The number of ether oxygens (including phenoxy) is 2. The van der Waals surface area contributed by atoms with Crippen molar-refractivity contribution in [3.63, 3.8) is 0 Å². The Kier molecular flexibility index (Phi) is 9.81. The summed E-state index contributed by atoms with van der Waals surface area (Å²) in [6.45, 7) is -0.731. The van der Waals surface area contributed by atoms with E-state index in [-0.39, 0.29) is 6.42 Å². The van der Waals surface area contributed by atoms with E-state index >= 15 is 0 Å². The van der Waals surface area contributed by atoms with E-state index in [1.54, 1.807) is 0 Å². The van der Waals surface area contributed by atoms with Crippen LogP contribution in [0.25, 0.3) is 0 Å². The molecule has 1 aromatic rings. The van der Waals surface area contributed by atoms with Crippen molar-refractivity contribution in [2.45, 2.75) is 62.4 Å². The predicted octanol–water partition coefficient (Wildman–Crippen LogP) is -3.62. The Hall–Kier alpha value is -1.83. The number of H-pyrrole nitrogens is 1. The molecule has 0 spiro atoms. The average molecular weight is 591 g/mol. The maximum absolute atomic E-state index is 12.4. The van der Waals surface area contributed by atoms with E-state index in [0.29, 0.717) is 0 Å². The highest BCUT2D eigenvalue weighted by Crippen LogP contribution is 2.61. The summed E-state index contributed by atoms with van der Waals surface area (Å²) in [7, 11) is -11.0. The van der Waals surface area contributed by atoms with Gasteiger partial charge in [-0.15, -0.1) is 0 Å². The van der Waals surface area contributed by atoms with E-state index in [1.807, 2.05) is 4.98 Å². The zero-order chi connectivity index (χ0) is 28.4. The minimum absolute atomic E-state index is 0.179. The highest BCUT2D eigenvalue weighted by molar-refractivity contribution is 7.61. The number of rotatable bonds is 10. The number of nitrogens with zero attached hydrogens (tertiary/aromatic N) is 1.